The van der Waals surface area contributed by atoms with Gasteiger partial charge in [0, 0.05) is 31.3 Å². The van der Waals surface area contributed by atoms with Gasteiger partial charge < -0.3 is 15.3 Å². The first-order chi connectivity index (χ1) is 12.6. The van der Waals surface area contributed by atoms with E-state index in [-0.39, 0.29) is 22.9 Å². The number of amides is 1. The molecule has 1 amide bonds. The van der Waals surface area contributed by atoms with Crippen molar-refractivity contribution in [3.63, 3.8) is 0 Å². The first kappa shape index (κ1) is 19.2. The van der Waals surface area contributed by atoms with E-state index >= 15 is 0 Å². The van der Waals surface area contributed by atoms with Crippen LogP contribution in [0.5, 0.6) is 5.75 Å². The van der Waals surface area contributed by atoms with Crippen molar-refractivity contribution < 1.29 is 14.3 Å². The van der Waals surface area contributed by atoms with E-state index in [4.69, 9.17) is 0 Å². The molecule has 3 rings (SSSR count). The number of phenols is 1. The largest absolute Gasteiger partial charge is 0.506 e. The molecule has 0 saturated heterocycles. The molecular weight excluding hydrogens is 343 g/mol. The molecule has 0 radical (unpaired) electrons. The van der Waals surface area contributed by atoms with Crippen LogP contribution in [0.1, 0.15) is 43.9 Å². The molecule has 0 fully saturated rings. The van der Waals surface area contributed by atoms with Crippen LogP contribution in [0, 0.1) is 18.2 Å². The van der Waals surface area contributed by atoms with Gasteiger partial charge in [-0.1, -0.05) is 26.8 Å². The van der Waals surface area contributed by atoms with E-state index in [1.165, 1.54) is 11.6 Å². The molecule has 2 aromatic carbocycles. The molecule has 1 aliphatic rings. The maximum atomic E-state index is 13.5. The van der Waals surface area contributed by atoms with E-state index in [0.717, 1.165) is 29.8 Å². The van der Waals surface area contributed by atoms with Crippen LogP contribution >= 0.6 is 0 Å². The maximum Gasteiger partial charge on any atom is 0.225 e. The standard InChI is InChI=1S/C22H27FN2O2/c1-14-9-18(11-19(26)21(14)24-20(27)12-22(2,3)4)25-8-7-15-5-6-17(23)10-16(15)13-25/h5-6,9-11,26H,7-8,12-13H2,1-4H3,(H,24,27). The highest BCUT2D eigenvalue weighted by Gasteiger charge is 2.21. The van der Waals surface area contributed by atoms with Gasteiger partial charge in [-0.3, -0.25) is 4.79 Å². The number of hydrogen-bond acceptors (Lipinski definition) is 3. The third-order valence-electron chi connectivity index (χ3n) is 4.80. The van der Waals surface area contributed by atoms with Crippen molar-refractivity contribution in [2.45, 2.75) is 47.1 Å². The van der Waals surface area contributed by atoms with Gasteiger partial charge >= 0.3 is 0 Å². The summed E-state index contributed by atoms with van der Waals surface area (Å²) in [6, 6.07) is 8.55. The lowest BCUT2D eigenvalue weighted by Gasteiger charge is -2.31. The van der Waals surface area contributed by atoms with Gasteiger partial charge in [-0.15, -0.1) is 0 Å². The Labute approximate surface area is 160 Å². The van der Waals surface area contributed by atoms with Crippen LogP contribution in [-0.2, 0) is 17.8 Å². The number of hydrogen-bond donors (Lipinski definition) is 2. The Hall–Kier alpha value is -2.56. The van der Waals surface area contributed by atoms with E-state index in [1.54, 1.807) is 12.1 Å². The predicted octanol–water partition coefficient (Wildman–Crippen LogP) is 4.78. The fraction of sp³-hybridized carbons (Fsp3) is 0.409. The number of anilines is 2. The number of nitrogens with zero attached hydrogens (tertiary/aromatic N) is 1. The van der Waals surface area contributed by atoms with Gasteiger partial charge in [0.05, 0.1) is 5.69 Å². The topological polar surface area (TPSA) is 52.6 Å². The number of halogens is 1. The molecule has 1 heterocycles. The fourth-order valence-electron chi connectivity index (χ4n) is 3.51. The summed E-state index contributed by atoms with van der Waals surface area (Å²) >= 11 is 0. The van der Waals surface area contributed by atoms with Crippen LogP contribution in [-0.4, -0.2) is 17.6 Å². The molecular formula is C22H27FN2O2. The summed E-state index contributed by atoms with van der Waals surface area (Å²) in [7, 11) is 0. The summed E-state index contributed by atoms with van der Waals surface area (Å²) in [6.07, 6.45) is 1.21. The minimum absolute atomic E-state index is 0.0531. The van der Waals surface area contributed by atoms with Crippen molar-refractivity contribution in [1.82, 2.24) is 0 Å². The van der Waals surface area contributed by atoms with Crippen LogP contribution in [0.3, 0.4) is 0 Å². The number of phenolic OH excluding ortho intramolecular Hbond substituents is 1. The summed E-state index contributed by atoms with van der Waals surface area (Å²) in [5, 5.41) is 13.3. The molecule has 144 valence electrons. The van der Waals surface area contributed by atoms with Crippen LogP contribution in [0.4, 0.5) is 15.8 Å². The average molecular weight is 370 g/mol. The third-order valence-corrected chi connectivity index (χ3v) is 4.80. The summed E-state index contributed by atoms with van der Waals surface area (Å²) in [4.78, 5) is 14.3. The van der Waals surface area contributed by atoms with Crippen molar-refractivity contribution in [3.05, 3.63) is 52.8 Å². The van der Waals surface area contributed by atoms with Crippen molar-refractivity contribution in [2.75, 3.05) is 16.8 Å². The lowest BCUT2D eigenvalue weighted by atomic mass is 9.92. The van der Waals surface area contributed by atoms with Gasteiger partial charge in [0.15, 0.2) is 0 Å². The van der Waals surface area contributed by atoms with Gasteiger partial charge in [0.2, 0.25) is 5.91 Å². The summed E-state index contributed by atoms with van der Waals surface area (Å²) in [5.41, 5.74) is 4.15. The number of rotatable bonds is 3. The predicted molar refractivity (Wildman–Crippen MR) is 107 cm³/mol. The second-order valence-corrected chi connectivity index (χ2v) is 8.53. The molecule has 0 aliphatic carbocycles. The van der Waals surface area contributed by atoms with Gasteiger partial charge in [0.1, 0.15) is 11.6 Å². The summed E-state index contributed by atoms with van der Waals surface area (Å²) in [6.45, 7) is 9.26. The van der Waals surface area contributed by atoms with Crippen LogP contribution < -0.4 is 10.2 Å². The molecule has 2 aromatic rings. The molecule has 0 atom stereocenters. The van der Waals surface area contributed by atoms with Gasteiger partial charge in [-0.25, -0.2) is 4.39 Å². The highest BCUT2D eigenvalue weighted by molar-refractivity contribution is 5.94. The van der Waals surface area contributed by atoms with Crippen LogP contribution in [0.25, 0.3) is 0 Å². The molecule has 0 saturated carbocycles. The van der Waals surface area contributed by atoms with Gasteiger partial charge in [-0.2, -0.15) is 0 Å². The molecule has 5 heteroatoms. The van der Waals surface area contributed by atoms with Crippen LogP contribution in [0.2, 0.25) is 0 Å². The highest BCUT2D eigenvalue weighted by Crippen LogP contribution is 2.35. The van der Waals surface area contributed by atoms with E-state index in [1.807, 2.05) is 39.8 Å². The Morgan fingerprint density at radius 2 is 1.96 bits per heavy atom. The second-order valence-electron chi connectivity index (χ2n) is 8.53. The molecule has 0 unspecified atom stereocenters. The maximum absolute atomic E-state index is 13.5. The number of carbonyl (C=O) groups is 1. The van der Waals surface area contributed by atoms with Crippen molar-refractivity contribution in [2.24, 2.45) is 5.41 Å². The van der Waals surface area contributed by atoms with Crippen molar-refractivity contribution in [1.29, 1.82) is 0 Å². The second kappa shape index (κ2) is 7.22. The number of benzene rings is 2. The van der Waals surface area contributed by atoms with Gasteiger partial charge in [-0.05, 0) is 53.6 Å². The number of nitrogens with one attached hydrogen (secondary N) is 1. The lowest BCUT2D eigenvalue weighted by Crippen LogP contribution is -2.30. The Balaban J connectivity index is 1.80. The zero-order valence-electron chi connectivity index (χ0n) is 16.4. The molecule has 0 bridgehead atoms. The first-order valence-electron chi connectivity index (χ1n) is 9.28. The third kappa shape index (κ3) is 4.59. The number of aromatic hydroxyl groups is 1. The Morgan fingerprint density at radius 1 is 1.22 bits per heavy atom. The van der Waals surface area contributed by atoms with Gasteiger partial charge in [0.25, 0.3) is 0 Å². The molecule has 27 heavy (non-hydrogen) atoms. The van der Waals surface area contributed by atoms with Crippen molar-refractivity contribution >= 4 is 17.3 Å². The first-order valence-corrected chi connectivity index (χ1v) is 9.28. The molecule has 2 N–H and O–H groups in total. The molecule has 0 spiro atoms. The SMILES string of the molecule is Cc1cc(N2CCc3ccc(F)cc3C2)cc(O)c1NC(=O)CC(C)(C)C. The normalized spacial score (nSPS) is 14.0. The number of aryl methyl sites for hydroxylation is 1. The van der Waals surface area contributed by atoms with Crippen molar-refractivity contribution in [3.8, 4) is 5.75 Å². The van der Waals surface area contributed by atoms with E-state index in [2.05, 4.69) is 10.2 Å². The van der Waals surface area contributed by atoms with Crippen LogP contribution in [0.15, 0.2) is 30.3 Å². The Bertz CT molecular complexity index is 848. The summed E-state index contributed by atoms with van der Waals surface area (Å²) in [5.74, 6) is -0.292. The average Bonchev–Trinajstić information content (AvgIpc) is 2.55. The Kier molecular flexibility index (Phi) is 5.13. The highest BCUT2D eigenvalue weighted by atomic mass is 19.1. The Morgan fingerprint density at radius 3 is 2.63 bits per heavy atom. The van der Waals surface area contributed by atoms with E-state index < -0.39 is 0 Å². The number of carbonyl (C=O) groups excluding carboxylic acids is 1. The molecule has 0 aromatic heterocycles. The monoisotopic (exact) mass is 370 g/mol. The number of fused-ring (bicyclic) bond motifs is 1. The zero-order chi connectivity index (χ0) is 19.8. The lowest BCUT2D eigenvalue weighted by molar-refractivity contribution is -0.117. The summed E-state index contributed by atoms with van der Waals surface area (Å²) < 4.78 is 13.5. The minimum Gasteiger partial charge on any atom is -0.506 e. The van der Waals surface area contributed by atoms with E-state index in [9.17, 15) is 14.3 Å². The zero-order valence-corrected chi connectivity index (χ0v) is 16.4. The smallest absolute Gasteiger partial charge is 0.225 e. The quantitative estimate of drug-likeness (QED) is 0.765. The molecule has 1 aliphatic heterocycles. The fourth-order valence-corrected chi connectivity index (χ4v) is 3.51. The van der Waals surface area contributed by atoms with E-state index in [0.29, 0.717) is 18.7 Å². The molecule has 4 nitrogen and oxygen atoms in total. The minimum atomic E-state index is -0.230.